The first-order valence-electron chi connectivity index (χ1n) is 6.77. The van der Waals surface area contributed by atoms with E-state index in [1.54, 1.807) is 6.20 Å². The molecule has 0 unspecified atom stereocenters. The van der Waals surface area contributed by atoms with Gasteiger partial charge in [-0.3, -0.25) is 9.78 Å². The summed E-state index contributed by atoms with van der Waals surface area (Å²) >= 11 is 0. The Balaban J connectivity index is 2.11. The number of nitrogens with zero attached hydrogens (tertiary/aromatic N) is 3. The Morgan fingerprint density at radius 2 is 2.00 bits per heavy atom. The van der Waals surface area contributed by atoms with Gasteiger partial charge >= 0.3 is 5.97 Å². The molecule has 1 aliphatic heterocycles. The third-order valence-corrected chi connectivity index (χ3v) is 4.35. The number of hydrogen-bond acceptors (Lipinski definition) is 4. The predicted octanol–water partition coefficient (Wildman–Crippen LogP) is 2.17. The molecule has 1 fully saturated rings. The molecule has 0 aromatic carbocycles. The molecule has 1 aromatic rings. The number of carbonyl (C=O) groups is 1. The Labute approximate surface area is 113 Å². The van der Waals surface area contributed by atoms with Crippen LogP contribution in [-0.2, 0) is 4.79 Å². The maximum atomic E-state index is 11.4. The Morgan fingerprint density at radius 3 is 2.47 bits per heavy atom. The molecule has 19 heavy (non-hydrogen) atoms. The summed E-state index contributed by atoms with van der Waals surface area (Å²) in [6.45, 7) is 7.31. The zero-order valence-electron chi connectivity index (χ0n) is 11.8. The fraction of sp³-hybridized carbons (Fsp3) is 0.643. The molecule has 0 radical (unpaired) electrons. The van der Waals surface area contributed by atoms with Gasteiger partial charge in [-0.25, -0.2) is 4.98 Å². The van der Waals surface area contributed by atoms with E-state index >= 15 is 0 Å². The van der Waals surface area contributed by atoms with Crippen LogP contribution in [0.1, 0.15) is 37.6 Å². The quantitative estimate of drug-likeness (QED) is 0.905. The molecule has 1 saturated heterocycles. The molecule has 0 spiro atoms. The summed E-state index contributed by atoms with van der Waals surface area (Å²) in [5, 5.41) is 9.38. The molecule has 0 atom stereocenters. The first kappa shape index (κ1) is 13.8. The molecule has 5 nitrogen and oxygen atoms in total. The van der Waals surface area contributed by atoms with Crippen LogP contribution in [0.15, 0.2) is 6.20 Å². The minimum Gasteiger partial charge on any atom is -0.481 e. The molecular formula is C14H21N3O2. The van der Waals surface area contributed by atoms with E-state index in [0.29, 0.717) is 19.3 Å². The van der Waals surface area contributed by atoms with Crippen LogP contribution in [-0.4, -0.2) is 34.1 Å². The van der Waals surface area contributed by atoms with E-state index in [1.165, 1.54) is 0 Å². The second-order valence-electron chi connectivity index (χ2n) is 5.33. The van der Waals surface area contributed by atoms with Gasteiger partial charge in [-0.05, 0) is 33.1 Å². The van der Waals surface area contributed by atoms with E-state index in [0.717, 1.165) is 30.3 Å². The summed E-state index contributed by atoms with van der Waals surface area (Å²) in [4.78, 5) is 22.4. The average molecular weight is 263 g/mol. The molecular weight excluding hydrogens is 242 g/mol. The summed E-state index contributed by atoms with van der Waals surface area (Å²) in [7, 11) is 0. The average Bonchev–Trinajstić information content (AvgIpc) is 2.42. The lowest BCUT2D eigenvalue weighted by Gasteiger charge is -2.38. The highest BCUT2D eigenvalue weighted by Crippen LogP contribution is 2.36. The second-order valence-corrected chi connectivity index (χ2v) is 5.33. The highest BCUT2D eigenvalue weighted by atomic mass is 16.4. The third kappa shape index (κ3) is 2.55. The minimum absolute atomic E-state index is 0.552. The number of carboxylic acids is 1. The van der Waals surface area contributed by atoms with Crippen LogP contribution in [0.25, 0.3) is 0 Å². The van der Waals surface area contributed by atoms with Gasteiger partial charge < -0.3 is 10.0 Å². The van der Waals surface area contributed by atoms with Crippen LogP contribution < -0.4 is 4.90 Å². The van der Waals surface area contributed by atoms with Gasteiger partial charge in [0.2, 0.25) is 0 Å². The van der Waals surface area contributed by atoms with Gasteiger partial charge in [-0.2, -0.15) is 0 Å². The molecule has 5 heteroatoms. The molecule has 104 valence electrons. The fourth-order valence-electron chi connectivity index (χ4n) is 2.56. The highest BCUT2D eigenvalue weighted by Gasteiger charge is 2.40. The van der Waals surface area contributed by atoms with Crippen LogP contribution in [0.2, 0.25) is 0 Å². The Kier molecular flexibility index (Phi) is 3.73. The van der Waals surface area contributed by atoms with Crippen molar-refractivity contribution in [3.8, 4) is 0 Å². The van der Waals surface area contributed by atoms with Crippen molar-refractivity contribution in [1.82, 2.24) is 9.97 Å². The summed E-state index contributed by atoms with van der Waals surface area (Å²) in [6.07, 6.45) is 3.82. The van der Waals surface area contributed by atoms with Crippen molar-refractivity contribution in [2.24, 2.45) is 5.41 Å². The lowest BCUT2D eigenvalue weighted by Crippen LogP contribution is -2.44. The lowest BCUT2D eigenvalue weighted by molar-refractivity contribution is -0.150. The molecule has 1 N–H and O–H groups in total. The van der Waals surface area contributed by atoms with Gasteiger partial charge in [-0.15, -0.1) is 0 Å². The van der Waals surface area contributed by atoms with Crippen molar-refractivity contribution in [3.63, 3.8) is 0 Å². The topological polar surface area (TPSA) is 66.3 Å². The van der Waals surface area contributed by atoms with Crippen LogP contribution in [0.3, 0.4) is 0 Å². The normalized spacial score (nSPS) is 18.4. The van der Waals surface area contributed by atoms with Gasteiger partial charge in [0, 0.05) is 13.1 Å². The van der Waals surface area contributed by atoms with Gasteiger partial charge in [-0.1, -0.05) is 6.92 Å². The third-order valence-electron chi connectivity index (χ3n) is 4.35. The number of aromatic nitrogens is 2. The van der Waals surface area contributed by atoms with E-state index < -0.39 is 11.4 Å². The number of anilines is 1. The number of aryl methyl sites for hydroxylation is 2. The molecule has 1 aliphatic rings. The number of aliphatic carboxylic acids is 1. The maximum Gasteiger partial charge on any atom is 0.309 e. The summed E-state index contributed by atoms with van der Waals surface area (Å²) in [5.74, 6) is 0.194. The first-order chi connectivity index (χ1) is 8.98. The Morgan fingerprint density at radius 1 is 1.37 bits per heavy atom. The fourth-order valence-corrected chi connectivity index (χ4v) is 2.56. The van der Waals surface area contributed by atoms with Crippen molar-refractivity contribution in [2.45, 2.75) is 40.0 Å². The molecule has 0 aliphatic carbocycles. The number of piperidine rings is 1. The lowest BCUT2D eigenvalue weighted by atomic mass is 9.76. The van der Waals surface area contributed by atoms with Gasteiger partial charge in [0.05, 0.1) is 23.0 Å². The van der Waals surface area contributed by atoms with Crippen molar-refractivity contribution in [3.05, 3.63) is 17.6 Å². The summed E-state index contributed by atoms with van der Waals surface area (Å²) in [6, 6.07) is 0. The zero-order valence-corrected chi connectivity index (χ0v) is 11.8. The van der Waals surface area contributed by atoms with E-state index in [4.69, 9.17) is 0 Å². The largest absolute Gasteiger partial charge is 0.481 e. The first-order valence-corrected chi connectivity index (χ1v) is 6.77. The van der Waals surface area contributed by atoms with E-state index in [-0.39, 0.29) is 0 Å². The SMILES string of the molecule is CCC1(C(=O)O)CCN(c2cnc(C)c(C)n2)CC1. The number of rotatable bonds is 3. The number of carboxylic acid groups (broad SMARTS) is 1. The smallest absolute Gasteiger partial charge is 0.309 e. The monoisotopic (exact) mass is 263 g/mol. The molecule has 0 bridgehead atoms. The molecule has 0 amide bonds. The molecule has 2 heterocycles. The Bertz CT molecular complexity index is 480. The molecule has 0 saturated carbocycles. The summed E-state index contributed by atoms with van der Waals surface area (Å²) < 4.78 is 0. The van der Waals surface area contributed by atoms with Gasteiger partial charge in [0.25, 0.3) is 0 Å². The number of hydrogen-bond donors (Lipinski definition) is 1. The van der Waals surface area contributed by atoms with Crippen molar-refractivity contribution >= 4 is 11.8 Å². The predicted molar refractivity (Wildman–Crippen MR) is 73.3 cm³/mol. The van der Waals surface area contributed by atoms with Gasteiger partial charge in [0.1, 0.15) is 5.82 Å². The van der Waals surface area contributed by atoms with Crippen LogP contribution in [0.5, 0.6) is 0 Å². The van der Waals surface area contributed by atoms with E-state index in [9.17, 15) is 9.90 Å². The highest BCUT2D eigenvalue weighted by molar-refractivity contribution is 5.75. The van der Waals surface area contributed by atoms with Crippen molar-refractivity contribution in [1.29, 1.82) is 0 Å². The molecule has 1 aromatic heterocycles. The minimum atomic E-state index is -0.666. The van der Waals surface area contributed by atoms with Crippen molar-refractivity contribution < 1.29 is 9.90 Å². The van der Waals surface area contributed by atoms with E-state index in [2.05, 4.69) is 14.9 Å². The van der Waals surface area contributed by atoms with Crippen LogP contribution in [0, 0.1) is 19.3 Å². The summed E-state index contributed by atoms with van der Waals surface area (Å²) in [5.41, 5.74) is 1.32. The maximum absolute atomic E-state index is 11.4. The standard InChI is InChI=1S/C14H21N3O2/c1-4-14(13(18)19)5-7-17(8-6-14)12-9-15-10(2)11(3)16-12/h9H,4-8H2,1-3H3,(H,18,19). The van der Waals surface area contributed by atoms with E-state index in [1.807, 2.05) is 20.8 Å². The van der Waals surface area contributed by atoms with Crippen LogP contribution >= 0.6 is 0 Å². The second kappa shape index (κ2) is 5.15. The molecule has 2 rings (SSSR count). The van der Waals surface area contributed by atoms with Gasteiger partial charge in [0.15, 0.2) is 0 Å². The van der Waals surface area contributed by atoms with Crippen molar-refractivity contribution in [2.75, 3.05) is 18.0 Å². The van der Waals surface area contributed by atoms with Crippen LogP contribution in [0.4, 0.5) is 5.82 Å². The zero-order chi connectivity index (χ0) is 14.0. The Hall–Kier alpha value is -1.65.